The van der Waals surface area contributed by atoms with Crippen LogP contribution in [0.1, 0.15) is 228 Å². The summed E-state index contributed by atoms with van der Waals surface area (Å²) in [4.78, 5) is 251. The van der Waals surface area contributed by atoms with E-state index >= 15 is 4.79 Å². The van der Waals surface area contributed by atoms with Crippen LogP contribution in [0.3, 0.4) is 0 Å². The van der Waals surface area contributed by atoms with Gasteiger partial charge in [0.1, 0.15) is 83.1 Å². The lowest BCUT2D eigenvalue weighted by atomic mass is 9.84. The zero-order chi connectivity index (χ0) is 93.5. The first-order valence-electron chi connectivity index (χ1n) is 43.0. The van der Waals surface area contributed by atoms with Crippen LogP contribution in [-0.4, -0.2) is 254 Å². The quantitative estimate of drug-likeness (QED) is 0.0164. The van der Waals surface area contributed by atoms with E-state index in [1.54, 1.807) is 19.1 Å². The molecule has 2 saturated carbocycles. The first kappa shape index (κ1) is 106. The summed E-state index contributed by atoms with van der Waals surface area (Å²) in [5, 5.41) is 54.8. The number of nitrogens with one attached hydrogen (secondary N) is 13. The van der Waals surface area contributed by atoms with E-state index in [0.29, 0.717) is 31.2 Å². The van der Waals surface area contributed by atoms with Crippen molar-refractivity contribution in [1.82, 2.24) is 79.0 Å². The molecule has 0 unspecified atom stereocenters. The maximum Gasteiger partial charge on any atom is 0.248 e. The SMILES string of the molecule is CC[C@](C)(NC(=O)[C@H](CC1CCCCC1)NC(=O)[C@H](Cc1ccncc1)NC(=O)[C@](C)(CC)NC(=O)[C@H]1CCCN1C(=O)[C@H](CO)NC(C)=O)C(=O)N[C@@H](CC(N)=O)C(=O)N[C@@H](CCCCN)C(=O)NC(C)(C)C(=O)N[C@H](C(=O)N[C@@H](CCCN=C(N)N)C(=O)N[C@@H](CCC(N)=O)C(=O)N[C@@H](CCCN=C(N)N)C(=O)N[C@@H](CC1CCCCC1)C(N)=O)[C@@H](C)O. The van der Waals surface area contributed by atoms with Crippen LogP contribution in [0.4, 0.5) is 0 Å². The van der Waals surface area contributed by atoms with Gasteiger partial charge in [-0.05, 0) is 161 Å². The minimum Gasteiger partial charge on any atom is -0.394 e. The fourth-order valence-corrected chi connectivity index (χ4v) is 14.9. The number of aromatic nitrogens is 1. The molecule has 31 N–H and O–H groups in total. The summed E-state index contributed by atoms with van der Waals surface area (Å²) in [6.07, 6.45) is 8.23. The topological polar surface area (TPSA) is 736 Å². The number of carbonyl (C=O) groups is 17. The number of nitrogens with zero attached hydrogens (tertiary/aromatic N) is 4. The van der Waals surface area contributed by atoms with Crippen LogP contribution in [0.2, 0.25) is 0 Å². The summed E-state index contributed by atoms with van der Waals surface area (Å²) < 4.78 is 0. The van der Waals surface area contributed by atoms with E-state index in [1.807, 2.05) is 0 Å². The highest BCUT2D eigenvalue weighted by Crippen LogP contribution is 2.30. The number of aliphatic imine (C=N–C) groups is 2. The van der Waals surface area contributed by atoms with Gasteiger partial charge in [-0.25, -0.2) is 0 Å². The Bertz CT molecular complexity index is 3910. The normalized spacial score (nSPS) is 17.8. The van der Waals surface area contributed by atoms with Crippen LogP contribution in [0.25, 0.3) is 0 Å². The third-order valence-corrected chi connectivity index (χ3v) is 22.7. The molecule has 3 fully saturated rings. The third kappa shape index (κ3) is 36.0. The van der Waals surface area contributed by atoms with Gasteiger partial charge in [-0.3, -0.25) is 96.5 Å². The first-order valence-corrected chi connectivity index (χ1v) is 43.0. The van der Waals surface area contributed by atoms with Crippen LogP contribution in [-0.2, 0) is 87.9 Å². The number of amides is 17. The number of aliphatic hydroxyl groups is 2. The molecule has 125 heavy (non-hydrogen) atoms. The monoisotopic (exact) mass is 1760 g/mol. The van der Waals surface area contributed by atoms with Gasteiger partial charge in [0.25, 0.3) is 0 Å². The Hall–Kier alpha value is -11.4. The Kier molecular flexibility index (Phi) is 44.4. The molecule has 1 aromatic heterocycles. The van der Waals surface area contributed by atoms with E-state index in [-0.39, 0.29) is 127 Å². The summed E-state index contributed by atoms with van der Waals surface area (Å²) in [6, 6.07) is -13.2. The van der Waals surface area contributed by atoms with Crippen LogP contribution in [0, 0.1) is 11.8 Å². The highest BCUT2D eigenvalue weighted by atomic mass is 16.3. The van der Waals surface area contributed by atoms with E-state index in [0.717, 1.165) is 58.3 Å². The number of primary amides is 3. The molecule has 1 aromatic rings. The Labute approximate surface area is 728 Å². The van der Waals surface area contributed by atoms with Crippen LogP contribution < -0.4 is 115 Å². The van der Waals surface area contributed by atoms with E-state index in [2.05, 4.69) is 84.1 Å². The summed E-state index contributed by atoms with van der Waals surface area (Å²) in [5.74, 6) is -16.3. The molecular weight excluding hydrogens is 1630 g/mol. The fourth-order valence-electron chi connectivity index (χ4n) is 14.9. The van der Waals surface area contributed by atoms with Crippen molar-refractivity contribution in [1.29, 1.82) is 0 Å². The molecule has 14 atom stereocenters. The highest BCUT2D eigenvalue weighted by molar-refractivity contribution is 6.03. The minimum atomic E-state index is -2.05. The minimum absolute atomic E-state index is 0.00700. The zero-order valence-electron chi connectivity index (χ0n) is 73.3. The maximum atomic E-state index is 15.0. The molecule has 0 radical (unpaired) electrons. The van der Waals surface area contributed by atoms with Crippen molar-refractivity contribution >= 4 is 112 Å². The van der Waals surface area contributed by atoms with Crippen molar-refractivity contribution in [2.45, 2.75) is 318 Å². The standard InChI is InChI=1S/C81H137N25O19/c1-9-80(7,104-70(119)56(41-48-24-15-12-16-25-48)99-67(116)55(42-49-32-37-90-38-33-49)100-76(125)81(8,10-2)105-71(120)59-29-21-39-106(59)73(122)58(44-107)93-46(4)109)75(124)101-57(43-61(84)111)68(117)95-52(26-17-18-34-82)69(118)103-79(5,6)74(123)102-62(45(3)108)72(121)97-51(28-20-36-92-78(88)89)64(113)96-53(30-31-60(83)110)66(115)94-50(27-19-35-91-77(86)87)65(114)98-54(63(85)112)40-47-22-13-11-14-23-47/h32-33,37-38,45,47-48,50-59,62,107-108H,9-31,34-36,39-44,82H2,1-8H3,(H2,83,110)(H2,84,111)(H2,85,112)(H,93,109)(H,94,115)(H,95,117)(H,96,113)(H,97,121)(H,98,114)(H,99,116)(H,100,125)(H,101,124)(H,102,123)(H,103,118)(H,104,119)(H,105,120)(H4,86,87,91)(H4,88,89,92)/t45-,50+,51+,52+,53+,54+,55+,56+,57+,58+,59-,62+,80+,81+/m1/s1. The molecule has 17 amide bonds. The molecule has 2 aliphatic carbocycles. The third-order valence-electron chi connectivity index (χ3n) is 22.7. The van der Waals surface area contributed by atoms with Gasteiger partial charge in [-0.1, -0.05) is 78.1 Å². The van der Waals surface area contributed by atoms with Crippen LogP contribution >= 0.6 is 0 Å². The van der Waals surface area contributed by atoms with E-state index < -0.39 is 215 Å². The van der Waals surface area contributed by atoms with Crippen LogP contribution in [0.15, 0.2) is 34.5 Å². The number of aliphatic hydroxyl groups excluding tert-OH is 2. The Morgan fingerprint density at radius 1 is 0.488 bits per heavy atom. The first-order chi connectivity index (χ1) is 58.9. The van der Waals surface area contributed by atoms with Crippen molar-refractivity contribution in [3.63, 3.8) is 0 Å². The summed E-state index contributed by atoms with van der Waals surface area (Å²) in [5.41, 5.74) is 39.8. The molecule has 700 valence electrons. The van der Waals surface area contributed by atoms with Crippen molar-refractivity contribution < 1.29 is 91.7 Å². The Balaban J connectivity index is 1.59. The predicted octanol–water partition coefficient (Wildman–Crippen LogP) is -5.88. The van der Waals surface area contributed by atoms with Gasteiger partial charge in [0.05, 0.1) is 19.1 Å². The number of rotatable bonds is 54. The molecule has 1 saturated heterocycles. The number of nitrogens with two attached hydrogens (primary N) is 8. The van der Waals surface area contributed by atoms with E-state index in [1.165, 1.54) is 58.8 Å². The number of likely N-dealkylation sites (tertiary alicyclic amines) is 1. The molecule has 0 bridgehead atoms. The number of hydrogen-bond donors (Lipinski definition) is 23. The maximum absolute atomic E-state index is 15.0. The average molecular weight is 1770 g/mol. The second-order valence-corrected chi connectivity index (χ2v) is 33.5. The van der Waals surface area contributed by atoms with Crippen molar-refractivity contribution in [3.05, 3.63) is 30.1 Å². The molecule has 44 heteroatoms. The van der Waals surface area contributed by atoms with Crippen molar-refractivity contribution in [2.24, 2.45) is 67.7 Å². The Morgan fingerprint density at radius 3 is 1.41 bits per heavy atom. The second kappa shape index (κ2) is 52.4. The molecule has 3 aliphatic rings. The molecule has 0 aromatic carbocycles. The van der Waals surface area contributed by atoms with E-state index in [4.69, 9.17) is 45.9 Å². The molecule has 2 heterocycles. The predicted molar refractivity (Wildman–Crippen MR) is 459 cm³/mol. The smallest absolute Gasteiger partial charge is 0.248 e. The van der Waals surface area contributed by atoms with Gasteiger partial charge in [0.15, 0.2) is 11.9 Å². The highest BCUT2D eigenvalue weighted by Gasteiger charge is 2.46. The van der Waals surface area contributed by atoms with Crippen LogP contribution in [0.5, 0.6) is 0 Å². The van der Waals surface area contributed by atoms with E-state index in [9.17, 15) is 86.9 Å². The molecule has 1 aliphatic heterocycles. The van der Waals surface area contributed by atoms with Gasteiger partial charge in [-0.2, -0.15) is 0 Å². The lowest BCUT2D eigenvalue weighted by Crippen LogP contribution is -2.66. The summed E-state index contributed by atoms with van der Waals surface area (Å²) in [7, 11) is 0. The zero-order valence-corrected chi connectivity index (χ0v) is 73.3. The number of unbranched alkanes of at least 4 members (excludes halogenated alkanes) is 1. The molecule has 44 nitrogen and oxygen atoms in total. The lowest BCUT2D eigenvalue weighted by molar-refractivity contribution is -0.144. The van der Waals surface area contributed by atoms with Gasteiger partial charge >= 0.3 is 0 Å². The number of pyridine rings is 1. The second-order valence-electron chi connectivity index (χ2n) is 33.5. The van der Waals surface area contributed by atoms with Gasteiger partial charge in [0.2, 0.25) is 100 Å². The Morgan fingerprint density at radius 2 is 0.936 bits per heavy atom. The largest absolute Gasteiger partial charge is 0.394 e. The summed E-state index contributed by atoms with van der Waals surface area (Å²) >= 11 is 0. The van der Waals surface area contributed by atoms with Crippen molar-refractivity contribution in [2.75, 3.05) is 32.8 Å². The molecule has 4 rings (SSSR count). The van der Waals surface area contributed by atoms with Gasteiger partial charge in [-0.15, -0.1) is 0 Å². The van der Waals surface area contributed by atoms with Gasteiger partial charge in [0, 0.05) is 51.8 Å². The average Bonchev–Trinajstić information content (AvgIpc) is 1.80. The summed E-state index contributed by atoms with van der Waals surface area (Å²) in [6.45, 7) is 10.0. The number of guanidine groups is 2. The van der Waals surface area contributed by atoms with Gasteiger partial charge < -0.3 is 130 Å². The lowest BCUT2D eigenvalue weighted by Gasteiger charge is -2.35. The number of carbonyl (C=O) groups excluding carboxylic acids is 17. The number of hydrogen-bond acceptors (Lipinski definition) is 23. The fraction of sp³-hybridized carbons (Fsp3) is 0.704. The molecular formula is C81H137N25O19. The molecule has 0 spiro atoms. The van der Waals surface area contributed by atoms with Crippen molar-refractivity contribution in [3.8, 4) is 0 Å².